The van der Waals surface area contributed by atoms with E-state index in [9.17, 15) is 9.59 Å². The van der Waals surface area contributed by atoms with Crippen molar-refractivity contribution in [3.05, 3.63) is 41.0 Å². The van der Waals surface area contributed by atoms with E-state index in [-0.39, 0.29) is 28.5 Å². The Morgan fingerprint density at radius 2 is 1.26 bits per heavy atom. The number of carbonyl (C=O) groups is 2. The molecule has 0 aliphatic heterocycles. The highest BCUT2D eigenvalue weighted by Gasteiger charge is 2.41. The van der Waals surface area contributed by atoms with E-state index in [0.717, 1.165) is 37.0 Å². The van der Waals surface area contributed by atoms with Gasteiger partial charge < -0.3 is 18.3 Å². The summed E-state index contributed by atoms with van der Waals surface area (Å²) in [5.74, 6) is -0.201. The molecular formula is C31H52O6Si2. The van der Waals surface area contributed by atoms with Crippen LogP contribution in [0.5, 0.6) is 5.75 Å². The fourth-order valence-electron chi connectivity index (χ4n) is 4.44. The second-order valence-electron chi connectivity index (χ2n) is 13.9. The monoisotopic (exact) mass is 576 g/mol. The lowest BCUT2D eigenvalue weighted by atomic mass is 9.79. The lowest BCUT2D eigenvalue weighted by Crippen LogP contribution is -2.44. The van der Waals surface area contributed by atoms with E-state index in [1.54, 1.807) is 0 Å². The molecule has 0 unspecified atom stereocenters. The van der Waals surface area contributed by atoms with Gasteiger partial charge in [-0.3, -0.25) is 0 Å². The van der Waals surface area contributed by atoms with Gasteiger partial charge in [-0.2, -0.15) is 0 Å². The number of hydrogen-bond donors (Lipinski definition) is 0. The van der Waals surface area contributed by atoms with E-state index in [2.05, 4.69) is 67.7 Å². The fraction of sp³-hybridized carbons (Fsp3) is 0.677. The lowest BCUT2D eigenvalue weighted by Gasteiger charge is -2.41. The Balaban J connectivity index is 2.30. The Labute approximate surface area is 239 Å². The van der Waals surface area contributed by atoms with Crippen molar-refractivity contribution in [3.63, 3.8) is 0 Å². The smallest absolute Gasteiger partial charge is 0.334 e. The molecule has 0 radical (unpaired) electrons. The van der Waals surface area contributed by atoms with Crippen LogP contribution in [-0.4, -0.2) is 48.9 Å². The zero-order chi connectivity index (χ0) is 29.8. The summed E-state index contributed by atoms with van der Waals surface area (Å²) in [4.78, 5) is 26.1. The van der Waals surface area contributed by atoms with Crippen LogP contribution in [0.2, 0.25) is 36.3 Å². The van der Waals surface area contributed by atoms with Crippen LogP contribution < -0.4 is 4.43 Å². The fourth-order valence-corrected chi connectivity index (χ4v) is 6.89. The quantitative estimate of drug-likeness (QED) is 0.169. The highest BCUT2D eigenvalue weighted by atomic mass is 28.4. The number of carbonyl (C=O) groups excluding carboxylic acids is 2. The standard InChI is InChI=1S/C31H52O6Si2/c1-30(2,3)38(9,10)36-24-17-13-22(14-18-24)21-26(28(32)34-7)27(29(33)35-8)23-15-19-25(20-16-23)37-39(11,12)31(4,5)6/h13-14,17-18,23,25H,15-16,19-21H2,1-12H3. The number of benzene rings is 1. The summed E-state index contributed by atoms with van der Waals surface area (Å²) < 4.78 is 23.4. The maximum atomic E-state index is 13.1. The minimum Gasteiger partial charge on any atom is -0.544 e. The Morgan fingerprint density at radius 3 is 1.69 bits per heavy atom. The third-order valence-electron chi connectivity index (χ3n) is 9.00. The second-order valence-corrected chi connectivity index (χ2v) is 23.4. The Kier molecular flexibility index (Phi) is 10.9. The summed E-state index contributed by atoms with van der Waals surface area (Å²) in [7, 11) is -1.12. The number of methoxy groups -OCH3 is 2. The van der Waals surface area contributed by atoms with E-state index < -0.39 is 28.6 Å². The van der Waals surface area contributed by atoms with Crippen LogP contribution in [0.3, 0.4) is 0 Å². The highest BCUT2D eigenvalue weighted by Crippen LogP contribution is 2.41. The van der Waals surface area contributed by atoms with E-state index in [4.69, 9.17) is 18.3 Å². The van der Waals surface area contributed by atoms with E-state index in [1.807, 2.05) is 24.3 Å². The first-order chi connectivity index (χ1) is 17.8. The van der Waals surface area contributed by atoms with Gasteiger partial charge in [-0.1, -0.05) is 53.7 Å². The van der Waals surface area contributed by atoms with Gasteiger partial charge in [-0.05, 0) is 85.6 Å². The number of hydrogen-bond acceptors (Lipinski definition) is 6. The highest BCUT2D eigenvalue weighted by molar-refractivity contribution is 6.75. The Hall–Kier alpha value is -1.91. The largest absolute Gasteiger partial charge is 0.544 e. The van der Waals surface area contributed by atoms with Crippen molar-refractivity contribution in [3.8, 4) is 5.75 Å². The van der Waals surface area contributed by atoms with Gasteiger partial charge in [0, 0.05) is 12.5 Å². The Bertz CT molecular complexity index is 1020. The van der Waals surface area contributed by atoms with Gasteiger partial charge in [0.05, 0.1) is 25.4 Å². The molecule has 6 nitrogen and oxygen atoms in total. The van der Waals surface area contributed by atoms with E-state index in [1.165, 1.54) is 14.2 Å². The molecule has 8 heteroatoms. The average molecular weight is 577 g/mol. The molecule has 0 aromatic heterocycles. The average Bonchev–Trinajstić information content (AvgIpc) is 2.83. The second kappa shape index (κ2) is 12.7. The number of esters is 2. The van der Waals surface area contributed by atoms with Gasteiger partial charge in [0.1, 0.15) is 5.75 Å². The van der Waals surface area contributed by atoms with Crippen LogP contribution in [0.25, 0.3) is 0 Å². The van der Waals surface area contributed by atoms with E-state index >= 15 is 0 Å². The van der Waals surface area contributed by atoms with Crippen molar-refractivity contribution in [1.29, 1.82) is 0 Å². The predicted molar refractivity (Wildman–Crippen MR) is 163 cm³/mol. The zero-order valence-electron chi connectivity index (χ0n) is 26.4. The topological polar surface area (TPSA) is 71.1 Å². The molecule has 0 N–H and O–H groups in total. The molecule has 1 saturated carbocycles. The van der Waals surface area contributed by atoms with Crippen molar-refractivity contribution in [2.45, 2.75) is 116 Å². The first-order valence-corrected chi connectivity index (χ1v) is 20.0. The van der Waals surface area contributed by atoms with Crippen LogP contribution in [0.1, 0.15) is 72.8 Å². The molecule has 220 valence electrons. The summed E-state index contributed by atoms with van der Waals surface area (Å²) >= 11 is 0. The maximum Gasteiger partial charge on any atom is 0.334 e. The summed E-state index contributed by atoms with van der Waals surface area (Å²) in [5.41, 5.74) is 1.72. The number of ether oxygens (including phenoxy) is 2. The van der Waals surface area contributed by atoms with Crippen molar-refractivity contribution in [2.24, 2.45) is 5.92 Å². The lowest BCUT2D eigenvalue weighted by molar-refractivity contribution is -0.140. The molecule has 39 heavy (non-hydrogen) atoms. The third kappa shape index (κ3) is 8.54. The van der Waals surface area contributed by atoms with Crippen LogP contribution in [0, 0.1) is 5.92 Å². The minimum absolute atomic E-state index is 0.0768. The third-order valence-corrected chi connectivity index (χ3v) is 17.9. The van der Waals surface area contributed by atoms with Crippen LogP contribution >= 0.6 is 0 Å². The zero-order valence-corrected chi connectivity index (χ0v) is 28.4. The van der Waals surface area contributed by atoms with Gasteiger partial charge in [-0.15, -0.1) is 0 Å². The van der Waals surface area contributed by atoms with Crippen LogP contribution in [0.4, 0.5) is 0 Å². The van der Waals surface area contributed by atoms with Gasteiger partial charge in [0.2, 0.25) is 8.32 Å². The molecule has 0 amide bonds. The van der Waals surface area contributed by atoms with Crippen molar-refractivity contribution in [2.75, 3.05) is 14.2 Å². The maximum absolute atomic E-state index is 13.1. The summed E-state index contributed by atoms with van der Waals surface area (Å²) in [6, 6.07) is 7.83. The van der Waals surface area contributed by atoms with Gasteiger partial charge in [0.15, 0.2) is 8.32 Å². The SMILES string of the molecule is COC(=O)C(Cc1ccc(O[Si](C)(C)C(C)(C)C)cc1)=C(C(=O)OC)C1CCC(O[Si](C)(C)C(C)(C)C)CC1. The molecule has 1 aromatic rings. The van der Waals surface area contributed by atoms with Crippen molar-refractivity contribution < 1.29 is 27.9 Å². The van der Waals surface area contributed by atoms with Gasteiger partial charge in [0.25, 0.3) is 0 Å². The molecule has 1 aliphatic carbocycles. The molecular weight excluding hydrogens is 525 g/mol. The molecule has 0 bridgehead atoms. The van der Waals surface area contributed by atoms with Crippen molar-refractivity contribution in [1.82, 2.24) is 0 Å². The molecule has 2 rings (SSSR count). The molecule has 1 aliphatic rings. The van der Waals surface area contributed by atoms with Crippen LogP contribution in [0.15, 0.2) is 35.4 Å². The van der Waals surface area contributed by atoms with Gasteiger partial charge in [-0.25, -0.2) is 9.59 Å². The molecule has 0 heterocycles. The summed E-state index contributed by atoms with van der Waals surface area (Å²) in [6.07, 6.45) is 3.71. The molecule has 0 spiro atoms. The molecule has 1 aromatic carbocycles. The molecule has 0 saturated heterocycles. The summed E-state index contributed by atoms with van der Waals surface area (Å²) in [6.45, 7) is 22.4. The molecule has 1 fully saturated rings. The van der Waals surface area contributed by atoms with Gasteiger partial charge >= 0.3 is 11.9 Å². The van der Waals surface area contributed by atoms with Crippen LogP contribution in [-0.2, 0) is 29.9 Å². The Morgan fingerprint density at radius 1 is 0.769 bits per heavy atom. The molecule has 0 atom stereocenters. The normalized spacial score (nSPS) is 19.7. The summed E-state index contributed by atoms with van der Waals surface area (Å²) in [5, 5.41) is 0.237. The van der Waals surface area contributed by atoms with Crippen molar-refractivity contribution >= 4 is 28.6 Å². The predicted octanol–water partition coefficient (Wildman–Crippen LogP) is 7.84. The first kappa shape index (κ1) is 33.3. The van der Waals surface area contributed by atoms with E-state index in [0.29, 0.717) is 11.1 Å². The minimum atomic E-state index is -1.96. The first-order valence-electron chi connectivity index (χ1n) is 14.2. The number of rotatable bonds is 9.